The third kappa shape index (κ3) is 7.82. The number of nitrogens with zero attached hydrogens (tertiary/aromatic N) is 1. The molecule has 11 atom stereocenters. The second kappa shape index (κ2) is 17.0. The molecule has 4 N–H and O–H groups in total. The smallest absolute Gasteiger partial charge is 0.253 e. The molecular weight excluding hydrogens is 795 g/mol. The second-order valence-electron chi connectivity index (χ2n) is 18.0. The van der Waals surface area contributed by atoms with Crippen molar-refractivity contribution in [3.8, 4) is 0 Å². The fourth-order valence-electron chi connectivity index (χ4n) is 11.3. The van der Waals surface area contributed by atoms with E-state index in [1.165, 1.54) is 6.92 Å². The minimum atomic E-state index is -1.43. The number of nitrogens with one attached hydrogen (secondary N) is 2. The number of rotatable bonds is 14. The van der Waals surface area contributed by atoms with Gasteiger partial charge >= 0.3 is 0 Å². The molecule has 0 spiro atoms. The third-order valence-corrected chi connectivity index (χ3v) is 14.3. The summed E-state index contributed by atoms with van der Waals surface area (Å²) in [4.78, 5) is 88.7. The summed E-state index contributed by atoms with van der Waals surface area (Å²) in [6, 6.07) is 13.6. The molecular formula is C48H53N3O11. The monoisotopic (exact) mass is 847 g/mol. The number of aliphatic hydroxyl groups excluding tert-OH is 2. The number of Topliss-reactive ketones (excluding diaryl/α,β-unsaturated/α-hetero) is 2. The van der Waals surface area contributed by atoms with Crippen LogP contribution in [0.4, 0.5) is 0 Å². The minimum absolute atomic E-state index is 0.0159. The normalized spacial score (nSPS) is 31.7. The van der Waals surface area contributed by atoms with Crippen molar-refractivity contribution >= 4 is 41.0 Å². The highest BCUT2D eigenvalue weighted by Crippen LogP contribution is 2.69. The summed E-state index contributed by atoms with van der Waals surface area (Å²) >= 11 is 0. The van der Waals surface area contributed by atoms with Crippen molar-refractivity contribution in [2.75, 3.05) is 13.2 Å². The number of hydrogen-bond acceptors (Lipinski definition) is 11. The maximum Gasteiger partial charge on any atom is 0.253 e. The van der Waals surface area contributed by atoms with Gasteiger partial charge in [-0.2, -0.15) is 0 Å². The van der Waals surface area contributed by atoms with Crippen LogP contribution in [0.2, 0.25) is 0 Å². The molecule has 2 aromatic carbocycles. The molecule has 2 aromatic rings. The maximum atomic E-state index is 13.9. The van der Waals surface area contributed by atoms with Crippen molar-refractivity contribution in [3.63, 3.8) is 0 Å². The first-order valence-electron chi connectivity index (χ1n) is 21.5. The maximum absolute atomic E-state index is 13.9. The van der Waals surface area contributed by atoms with Gasteiger partial charge < -0.3 is 30.3 Å². The summed E-state index contributed by atoms with van der Waals surface area (Å²) in [6.07, 6.45) is 8.22. The van der Waals surface area contributed by atoms with E-state index in [1.807, 2.05) is 61.5 Å². The zero-order valence-corrected chi connectivity index (χ0v) is 35.1. The fourth-order valence-corrected chi connectivity index (χ4v) is 11.3. The van der Waals surface area contributed by atoms with Gasteiger partial charge in [0.25, 0.3) is 11.8 Å². The quantitative estimate of drug-likeness (QED) is 0.204. The first kappa shape index (κ1) is 43.2. The van der Waals surface area contributed by atoms with Crippen LogP contribution in [-0.4, -0.2) is 99.1 Å². The number of ether oxygens (including phenoxy) is 2. The van der Waals surface area contributed by atoms with Crippen molar-refractivity contribution in [1.29, 1.82) is 0 Å². The van der Waals surface area contributed by atoms with Gasteiger partial charge in [0.05, 0.1) is 18.2 Å². The van der Waals surface area contributed by atoms with Crippen LogP contribution in [0.3, 0.4) is 0 Å². The first-order chi connectivity index (χ1) is 29.6. The summed E-state index contributed by atoms with van der Waals surface area (Å²) in [7, 11) is 0. The lowest BCUT2D eigenvalue weighted by Crippen LogP contribution is -2.62. The number of aliphatic hydroxyl groups is 2. The van der Waals surface area contributed by atoms with E-state index in [2.05, 4.69) is 10.6 Å². The molecule has 4 amide bonds. The summed E-state index contributed by atoms with van der Waals surface area (Å²) in [5, 5.41) is 27.3. The Morgan fingerprint density at radius 1 is 0.935 bits per heavy atom. The summed E-state index contributed by atoms with van der Waals surface area (Å²) in [5.41, 5.74) is 2.30. The standard InChI is InChI=1S/C48H53N3O11/c1-26(50-45(60)27(2)49-41(57)17-18-51-42(58)15-16-43(51)59)37(54)21-30-6-4-5-29(20-30)19-28-7-9-31(10-8-28)46-61-40-23-36-35-13-11-32-22-33(53)12-14-34(32)44(35)38(55)24-47(36,3)48(40,62-46)39(56)25-52/h4-10,12,14-16,20,22,26-27,34-36,38,40,44,46,52,55H,11,13,17-19,21,23-25H2,1-3H3,(H,49,57)(H,50,60)/t26-,27-,34?,35-,36-,38-,40+,44+,46+,47-,48+/m0/s1. The SMILES string of the molecule is C[C@H](NC(=O)[C@H](C)NC(=O)CCN1C(=O)C=CC1=O)C(=O)Cc1cccc(Cc2ccc([C@@H]3O[C@@H]4C[C@H]5[C@@H]6CCC7=CC(=O)C=CC7[C@H]6[C@@H](O)C[C@]5(C)[C@]4(C(=O)CO)O3)cc2)c1. The predicted molar refractivity (Wildman–Crippen MR) is 222 cm³/mol. The molecule has 0 bridgehead atoms. The third-order valence-electron chi connectivity index (χ3n) is 14.3. The molecule has 3 saturated carbocycles. The first-order valence-corrected chi connectivity index (χ1v) is 21.5. The predicted octanol–water partition coefficient (Wildman–Crippen LogP) is 2.93. The highest BCUT2D eigenvalue weighted by molar-refractivity contribution is 6.13. The Bertz CT molecular complexity index is 2270. The Kier molecular flexibility index (Phi) is 11.9. The number of hydrogen-bond donors (Lipinski definition) is 4. The van der Waals surface area contributed by atoms with Gasteiger partial charge in [-0.15, -0.1) is 0 Å². The molecule has 62 heavy (non-hydrogen) atoms. The Morgan fingerprint density at radius 3 is 2.39 bits per heavy atom. The molecule has 8 rings (SSSR count). The number of fused-ring (bicyclic) bond motifs is 7. The van der Waals surface area contributed by atoms with Crippen LogP contribution in [0, 0.1) is 29.1 Å². The number of allylic oxidation sites excluding steroid dienone is 4. The zero-order chi connectivity index (χ0) is 44.1. The molecule has 14 heteroatoms. The largest absolute Gasteiger partial charge is 0.393 e. The topological polar surface area (TPSA) is 206 Å². The molecule has 14 nitrogen and oxygen atoms in total. The number of carbonyl (C=O) groups is 7. The van der Waals surface area contributed by atoms with Gasteiger partial charge in [-0.05, 0) is 92.5 Å². The molecule has 1 saturated heterocycles. The van der Waals surface area contributed by atoms with Gasteiger partial charge in [0.2, 0.25) is 11.8 Å². The second-order valence-corrected chi connectivity index (χ2v) is 18.0. The van der Waals surface area contributed by atoms with E-state index in [9.17, 15) is 43.8 Å². The van der Waals surface area contributed by atoms with E-state index in [4.69, 9.17) is 9.47 Å². The molecule has 4 aliphatic carbocycles. The molecule has 4 fully saturated rings. The van der Waals surface area contributed by atoms with Crippen LogP contribution in [0.5, 0.6) is 0 Å². The van der Waals surface area contributed by atoms with Crippen molar-refractivity contribution in [3.05, 3.63) is 107 Å². The Hall–Kier alpha value is -5.41. The average Bonchev–Trinajstić information content (AvgIpc) is 3.87. The fraction of sp³-hybridized carbons (Fsp3) is 0.479. The van der Waals surface area contributed by atoms with Crippen molar-refractivity contribution in [2.24, 2.45) is 29.1 Å². The lowest BCUT2D eigenvalue weighted by molar-refractivity contribution is -0.197. The molecule has 2 heterocycles. The molecule has 1 unspecified atom stereocenters. The molecule has 2 aliphatic heterocycles. The minimum Gasteiger partial charge on any atom is -0.393 e. The summed E-state index contributed by atoms with van der Waals surface area (Å²) in [6.45, 7) is 4.27. The molecule has 326 valence electrons. The van der Waals surface area contributed by atoms with E-state index < -0.39 is 77.6 Å². The number of ketones is 3. The van der Waals surface area contributed by atoms with E-state index in [0.29, 0.717) is 19.3 Å². The lowest BCUT2D eigenvalue weighted by Gasteiger charge is -2.56. The zero-order valence-electron chi connectivity index (χ0n) is 35.1. The number of imide groups is 1. The van der Waals surface area contributed by atoms with Gasteiger partial charge in [-0.3, -0.25) is 38.5 Å². The van der Waals surface area contributed by atoms with E-state index in [1.54, 1.807) is 19.1 Å². The number of amides is 4. The highest BCUT2D eigenvalue weighted by Gasteiger charge is 2.75. The van der Waals surface area contributed by atoms with Crippen molar-refractivity contribution < 1.29 is 53.2 Å². The van der Waals surface area contributed by atoms with Crippen LogP contribution in [0.1, 0.15) is 81.4 Å². The van der Waals surface area contributed by atoms with E-state index >= 15 is 0 Å². The Balaban J connectivity index is 0.862. The van der Waals surface area contributed by atoms with Gasteiger partial charge in [0.1, 0.15) is 12.6 Å². The molecule has 0 aromatic heterocycles. The molecule has 6 aliphatic rings. The van der Waals surface area contributed by atoms with Crippen LogP contribution in [0.25, 0.3) is 0 Å². The van der Waals surface area contributed by atoms with Crippen LogP contribution in [-0.2, 0) is 55.9 Å². The van der Waals surface area contributed by atoms with Crippen LogP contribution < -0.4 is 10.6 Å². The van der Waals surface area contributed by atoms with E-state index in [0.717, 1.165) is 57.7 Å². The van der Waals surface area contributed by atoms with Gasteiger partial charge in [-0.25, -0.2) is 0 Å². The summed E-state index contributed by atoms with van der Waals surface area (Å²) < 4.78 is 13.3. The Labute approximate surface area is 359 Å². The number of benzene rings is 2. The Morgan fingerprint density at radius 2 is 1.66 bits per heavy atom. The van der Waals surface area contributed by atoms with Crippen molar-refractivity contribution in [1.82, 2.24) is 15.5 Å². The molecule has 0 radical (unpaired) electrons. The number of carbonyl (C=O) groups excluding carboxylic acids is 7. The highest BCUT2D eigenvalue weighted by atomic mass is 16.7. The van der Waals surface area contributed by atoms with Crippen LogP contribution in [0.15, 0.2) is 84.5 Å². The average molecular weight is 848 g/mol. The van der Waals surface area contributed by atoms with Crippen molar-refractivity contribution in [2.45, 2.75) is 102 Å². The lowest BCUT2D eigenvalue weighted by atomic mass is 9.49. The van der Waals surface area contributed by atoms with E-state index in [-0.39, 0.29) is 54.6 Å². The van der Waals surface area contributed by atoms with Crippen LogP contribution >= 0.6 is 0 Å². The van der Waals surface area contributed by atoms with Gasteiger partial charge in [0, 0.05) is 48.4 Å². The summed E-state index contributed by atoms with van der Waals surface area (Å²) in [5.74, 6) is -2.71. The van der Waals surface area contributed by atoms with Gasteiger partial charge in [0.15, 0.2) is 29.2 Å². The van der Waals surface area contributed by atoms with Gasteiger partial charge in [-0.1, -0.05) is 67.1 Å².